The highest BCUT2D eigenvalue weighted by Crippen LogP contribution is 2.31. The van der Waals surface area contributed by atoms with E-state index < -0.39 is 16.0 Å². The van der Waals surface area contributed by atoms with Crippen molar-refractivity contribution in [1.82, 2.24) is 15.0 Å². The van der Waals surface area contributed by atoms with Crippen molar-refractivity contribution in [2.75, 3.05) is 11.0 Å². The van der Waals surface area contributed by atoms with Crippen LogP contribution in [0.3, 0.4) is 0 Å². The molecule has 3 rings (SSSR count). The minimum Gasteiger partial charge on any atom is -0.550 e. The molecule has 3 aromatic heterocycles. The van der Waals surface area contributed by atoms with E-state index >= 15 is 0 Å². The quantitative estimate of drug-likeness (QED) is 0.444. The molecule has 0 unspecified atom stereocenters. The van der Waals surface area contributed by atoms with Crippen LogP contribution in [0.4, 0.5) is 5.13 Å². The maximum atomic E-state index is 12.5. The molecular formula is C14H11N4O4S4-. The summed E-state index contributed by atoms with van der Waals surface area (Å²) in [5.74, 6) is -1.25. The molecule has 0 aromatic carbocycles. The molecular weight excluding hydrogens is 416 g/mol. The lowest BCUT2D eigenvalue weighted by Crippen LogP contribution is -2.23. The summed E-state index contributed by atoms with van der Waals surface area (Å²) in [6.07, 6.45) is 4.47. The van der Waals surface area contributed by atoms with Gasteiger partial charge in [-0.25, -0.2) is 23.4 Å². The third-order valence-electron chi connectivity index (χ3n) is 3.01. The van der Waals surface area contributed by atoms with Gasteiger partial charge in [-0.2, -0.15) is 0 Å². The number of rotatable bonds is 7. The van der Waals surface area contributed by atoms with E-state index in [4.69, 9.17) is 0 Å². The Balaban J connectivity index is 1.81. The maximum Gasteiger partial charge on any atom is 0.273 e. The summed E-state index contributed by atoms with van der Waals surface area (Å²) in [5, 5.41) is 11.3. The molecule has 0 atom stereocenters. The van der Waals surface area contributed by atoms with Crippen LogP contribution in [0.1, 0.15) is 4.88 Å². The number of hydrogen-bond acceptors (Lipinski definition) is 10. The van der Waals surface area contributed by atoms with Gasteiger partial charge in [0.15, 0.2) is 10.3 Å². The SMILES string of the molecule is CSc1nccc(-c2ccc(S(=O)(=O)Nc3ncc(CC(=O)[O-])s3)s2)n1. The molecule has 0 aliphatic rings. The molecule has 0 radical (unpaired) electrons. The van der Waals surface area contributed by atoms with E-state index in [0.29, 0.717) is 20.6 Å². The zero-order valence-corrected chi connectivity index (χ0v) is 16.5. The van der Waals surface area contributed by atoms with Gasteiger partial charge in [0.2, 0.25) is 0 Å². The minimum atomic E-state index is -3.83. The van der Waals surface area contributed by atoms with Gasteiger partial charge in [0.1, 0.15) is 4.21 Å². The monoisotopic (exact) mass is 427 g/mol. The highest BCUT2D eigenvalue weighted by molar-refractivity contribution is 7.98. The molecule has 0 amide bonds. The van der Waals surface area contributed by atoms with Crippen LogP contribution in [-0.2, 0) is 21.2 Å². The molecule has 26 heavy (non-hydrogen) atoms. The number of hydrogen-bond donors (Lipinski definition) is 1. The lowest BCUT2D eigenvalue weighted by atomic mass is 10.3. The molecule has 0 aliphatic heterocycles. The summed E-state index contributed by atoms with van der Waals surface area (Å²) < 4.78 is 27.5. The van der Waals surface area contributed by atoms with Gasteiger partial charge < -0.3 is 9.90 Å². The minimum absolute atomic E-state index is 0.0999. The standard InChI is InChI=1S/C14H12N4O4S4/c1-23-13-15-5-4-9(17-13)10-2-3-12(25-10)26(21,22)18-14-16-7-8(24-14)6-11(19)20/h2-5,7H,6H2,1H3,(H,16,18)(H,19,20)/p-1. The normalized spacial score (nSPS) is 11.4. The Bertz CT molecular complexity index is 1040. The third-order valence-corrected chi connectivity index (χ3v) is 7.55. The number of thioether (sulfide) groups is 1. The van der Waals surface area contributed by atoms with Gasteiger partial charge in [-0.1, -0.05) is 11.8 Å². The predicted octanol–water partition coefficient (Wildman–Crippen LogP) is 1.48. The Morgan fingerprint density at radius 3 is 2.81 bits per heavy atom. The lowest BCUT2D eigenvalue weighted by Gasteiger charge is -2.02. The second-order valence-corrected chi connectivity index (χ2v) is 9.71. The molecule has 0 saturated carbocycles. The van der Waals surface area contributed by atoms with E-state index in [1.54, 1.807) is 18.3 Å². The second-order valence-electron chi connectivity index (χ2n) is 4.83. The fourth-order valence-corrected chi connectivity index (χ4v) is 5.59. The fraction of sp³-hybridized carbons (Fsp3) is 0.143. The molecule has 12 heteroatoms. The van der Waals surface area contributed by atoms with E-state index in [1.807, 2.05) is 6.26 Å². The number of carboxylic acids is 1. The molecule has 8 nitrogen and oxygen atoms in total. The first-order valence-corrected chi connectivity index (χ1v) is 11.4. The van der Waals surface area contributed by atoms with Crippen molar-refractivity contribution < 1.29 is 18.3 Å². The zero-order valence-electron chi connectivity index (χ0n) is 13.2. The smallest absolute Gasteiger partial charge is 0.273 e. The number of thiophene rings is 1. The van der Waals surface area contributed by atoms with Crippen molar-refractivity contribution in [3.63, 3.8) is 0 Å². The van der Waals surface area contributed by atoms with Gasteiger partial charge in [-0.05, 0) is 24.5 Å². The van der Waals surface area contributed by atoms with Crippen LogP contribution in [-0.4, -0.2) is 35.6 Å². The first kappa shape index (κ1) is 18.8. The average molecular weight is 428 g/mol. The number of carboxylic acid groups (broad SMARTS) is 1. The number of carbonyl (C=O) groups is 1. The van der Waals surface area contributed by atoms with E-state index in [2.05, 4.69) is 19.7 Å². The van der Waals surface area contributed by atoms with Crippen LogP contribution in [0.15, 0.2) is 40.0 Å². The number of anilines is 1. The second kappa shape index (κ2) is 7.70. The van der Waals surface area contributed by atoms with E-state index in [1.165, 1.54) is 24.0 Å². The Hall–Kier alpha value is -2.02. The molecule has 0 aliphatic carbocycles. The van der Waals surface area contributed by atoms with Crippen LogP contribution >= 0.6 is 34.4 Å². The fourth-order valence-electron chi connectivity index (χ4n) is 1.92. The third kappa shape index (κ3) is 4.38. The molecule has 0 spiro atoms. The number of carbonyl (C=O) groups excluding carboxylic acids is 1. The average Bonchev–Trinajstić information content (AvgIpc) is 3.24. The molecule has 3 heterocycles. The Labute approximate surface area is 161 Å². The maximum absolute atomic E-state index is 12.5. The zero-order chi connectivity index (χ0) is 18.7. The van der Waals surface area contributed by atoms with Gasteiger partial charge in [0.05, 0.1) is 10.6 Å². The largest absolute Gasteiger partial charge is 0.550 e. The van der Waals surface area contributed by atoms with Crippen molar-refractivity contribution in [1.29, 1.82) is 0 Å². The Kier molecular flexibility index (Phi) is 5.55. The van der Waals surface area contributed by atoms with Crippen LogP contribution < -0.4 is 9.83 Å². The molecule has 0 bridgehead atoms. The van der Waals surface area contributed by atoms with Crippen molar-refractivity contribution in [2.45, 2.75) is 15.8 Å². The molecule has 3 aromatic rings. The van der Waals surface area contributed by atoms with E-state index in [0.717, 1.165) is 22.7 Å². The number of nitrogens with zero attached hydrogens (tertiary/aromatic N) is 3. The lowest BCUT2D eigenvalue weighted by molar-refractivity contribution is -0.304. The van der Waals surface area contributed by atoms with Crippen molar-refractivity contribution in [3.05, 3.63) is 35.5 Å². The summed E-state index contributed by atoms with van der Waals surface area (Å²) in [7, 11) is -3.83. The highest BCUT2D eigenvalue weighted by atomic mass is 32.2. The summed E-state index contributed by atoms with van der Waals surface area (Å²) >= 11 is 3.42. The molecule has 0 fully saturated rings. The molecule has 0 saturated heterocycles. The molecule has 1 N–H and O–H groups in total. The topological polar surface area (TPSA) is 125 Å². The van der Waals surface area contributed by atoms with Crippen LogP contribution in [0.2, 0.25) is 0 Å². The number of nitrogens with one attached hydrogen (secondary N) is 1. The van der Waals surface area contributed by atoms with Gasteiger partial charge in [0, 0.05) is 29.7 Å². The highest BCUT2D eigenvalue weighted by Gasteiger charge is 2.19. The first-order chi connectivity index (χ1) is 12.4. The van der Waals surface area contributed by atoms with Crippen molar-refractivity contribution >= 4 is 55.6 Å². The first-order valence-electron chi connectivity index (χ1n) is 7.02. The van der Waals surface area contributed by atoms with Gasteiger partial charge in [0.25, 0.3) is 10.0 Å². The van der Waals surface area contributed by atoms with Gasteiger partial charge in [-0.3, -0.25) is 4.72 Å². The number of aliphatic carboxylic acids is 1. The van der Waals surface area contributed by atoms with Crippen LogP contribution in [0.5, 0.6) is 0 Å². The predicted molar refractivity (Wildman–Crippen MR) is 98.8 cm³/mol. The number of sulfonamides is 1. The molecule has 136 valence electrons. The van der Waals surface area contributed by atoms with E-state index in [9.17, 15) is 18.3 Å². The summed E-state index contributed by atoms with van der Waals surface area (Å²) in [6, 6.07) is 4.87. The number of aromatic nitrogens is 3. The van der Waals surface area contributed by atoms with Crippen molar-refractivity contribution in [3.8, 4) is 10.6 Å². The van der Waals surface area contributed by atoms with Crippen LogP contribution in [0.25, 0.3) is 10.6 Å². The summed E-state index contributed by atoms with van der Waals surface area (Å²) in [5.41, 5.74) is 0.640. The Morgan fingerprint density at radius 1 is 1.27 bits per heavy atom. The number of thiazole rings is 1. The summed E-state index contributed by atoms with van der Waals surface area (Å²) in [6.45, 7) is 0. The van der Waals surface area contributed by atoms with Crippen molar-refractivity contribution in [2.24, 2.45) is 0 Å². The van der Waals surface area contributed by atoms with Gasteiger partial charge >= 0.3 is 0 Å². The van der Waals surface area contributed by atoms with E-state index in [-0.39, 0.29) is 15.8 Å². The summed E-state index contributed by atoms with van der Waals surface area (Å²) in [4.78, 5) is 24.0. The van der Waals surface area contributed by atoms with Crippen LogP contribution in [0, 0.1) is 0 Å². The van der Waals surface area contributed by atoms with Gasteiger partial charge in [-0.15, -0.1) is 22.7 Å². The Morgan fingerprint density at radius 2 is 2.08 bits per heavy atom.